The molecule has 4 rings (SSSR count). The molecular weight excluding hydrogens is 366 g/mol. The number of amides is 4. The van der Waals surface area contributed by atoms with Crippen LogP contribution in [-0.2, 0) is 15.1 Å². The fourth-order valence-electron chi connectivity index (χ4n) is 4.81. The summed E-state index contributed by atoms with van der Waals surface area (Å²) in [5.41, 5.74) is -0.458. The van der Waals surface area contributed by atoms with E-state index in [-0.39, 0.29) is 30.4 Å². The number of likely N-dealkylation sites (tertiary alicyclic amines) is 1. The first kappa shape index (κ1) is 19.4. The number of carbonyl (C=O) groups is 3. The van der Waals surface area contributed by atoms with Crippen LogP contribution >= 0.6 is 0 Å². The minimum atomic E-state index is -1.20. The Labute approximate surface area is 170 Å². The van der Waals surface area contributed by atoms with Crippen LogP contribution in [-0.4, -0.2) is 46.3 Å². The minimum Gasteiger partial charge on any atom is -0.336 e. The van der Waals surface area contributed by atoms with Crippen LogP contribution in [0, 0.1) is 0 Å². The Morgan fingerprint density at radius 3 is 2.45 bits per heavy atom. The first-order valence-electron chi connectivity index (χ1n) is 10.3. The summed E-state index contributed by atoms with van der Waals surface area (Å²) < 4.78 is 0. The van der Waals surface area contributed by atoms with Crippen LogP contribution in [0.5, 0.6) is 0 Å². The summed E-state index contributed by atoms with van der Waals surface area (Å²) in [6.07, 6.45) is 2.99. The van der Waals surface area contributed by atoms with E-state index >= 15 is 0 Å². The topological polar surface area (TPSA) is 69.7 Å². The Balaban J connectivity index is 1.62. The van der Waals surface area contributed by atoms with Gasteiger partial charge in [0, 0.05) is 12.1 Å². The summed E-state index contributed by atoms with van der Waals surface area (Å²) in [7, 11) is 0. The van der Waals surface area contributed by atoms with Gasteiger partial charge in [-0.25, -0.2) is 4.79 Å². The Kier molecular flexibility index (Phi) is 4.81. The first-order valence-corrected chi connectivity index (χ1v) is 10.3. The minimum absolute atomic E-state index is 0.122. The maximum Gasteiger partial charge on any atom is 0.325 e. The van der Waals surface area contributed by atoms with Crippen LogP contribution in [0.4, 0.5) is 4.79 Å². The maximum atomic E-state index is 13.3. The molecule has 4 amide bonds. The van der Waals surface area contributed by atoms with Gasteiger partial charge in [-0.2, -0.15) is 0 Å². The fourth-order valence-corrected chi connectivity index (χ4v) is 4.81. The van der Waals surface area contributed by atoms with E-state index in [4.69, 9.17) is 0 Å². The highest BCUT2D eigenvalue weighted by Gasteiger charge is 2.50. The molecule has 2 aliphatic rings. The van der Waals surface area contributed by atoms with E-state index in [9.17, 15) is 14.4 Å². The Morgan fingerprint density at radius 2 is 1.72 bits per heavy atom. The van der Waals surface area contributed by atoms with Crippen LogP contribution < -0.4 is 5.32 Å². The van der Waals surface area contributed by atoms with Crippen LogP contribution in [0.15, 0.2) is 42.5 Å². The monoisotopic (exact) mass is 393 g/mol. The highest BCUT2D eigenvalue weighted by Crippen LogP contribution is 2.34. The number of benzene rings is 2. The van der Waals surface area contributed by atoms with Crippen molar-refractivity contribution in [2.45, 2.75) is 57.7 Å². The second-order valence-electron chi connectivity index (χ2n) is 8.40. The highest BCUT2D eigenvalue weighted by atomic mass is 16.2. The number of hydrogen-bond acceptors (Lipinski definition) is 3. The number of nitrogens with one attached hydrogen (secondary N) is 1. The summed E-state index contributed by atoms with van der Waals surface area (Å²) >= 11 is 0. The molecule has 0 spiro atoms. The molecule has 3 unspecified atom stereocenters. The van der Waals surface area contributed by atoms with Gasteiger partial charge in [-0.3, -0.25) is 14.5 Å². The molecule has 0 aliphatic carbocycles. The number of rotatable bonds is 3. The van der Waals surface area contributed by atoms with Gasteiger partial charge in [0.25, 0.3) is 5.91 Å². The number of urea groups is 1. The standard InChI is InChI=1S/C23H27N3O3/c1-15-8-6-9-16(2)26(15)20(27)14-25-21(28)23(3,24-22(25)29)19-13-7-11-17-10-4-5-12-18(17)19/h4-5,7,10-13,15-16H,6,8-9,14H2,1-3H3,(H,24,29). The van der Waals surface area contributed by atoms with Crippen molar-refractivity contribution in [1.29, 1.82) is 0 Å². The quantitative estimate of drug-likeness (QED) is 0.813. The molecule has 2 saturated heterocycles. The van der Waals surface area contributed by atoms with E-state index < -0.39 is 11.6 Å². The molecular formula is C23H27N3O3. The van der Waals surface area contributed by atoms with Crippen LogP contribution in [0.2, 0.25) is 0 Å². The van der Waals surface area contributed by atoms with E-state index in [0.717, 1.165) is 40.5 Å². The van der Waals surface area contributed by atoms with Crippen molar-refractivity contribution < 1.29 is 14.4 Å². The SMILES string of the molecule is CC1CCCC(C)N1C(=O)CN1C(=O)NC(C)(c2cccc3ccccc23)C1=O. The largest absolute Gasteiger partial charge is 0.336 e. The van der Waals surface area contributed by atoms with Crippen LogP contribution in [0.25, 0.3) is 10.8 Å². The smallest absolute Gasteiger partial charge is 0.325 e. The molecule has 2 aliphatic heterocycles. The van der Waals surface area contributed by atoms with Gasteiger partial charge in [0.05, 0.1) is 0 Å². The lowest BCUT2D eigenvalue weighted by Gasteiger charge is -2.39. The number of hydrogen-bond donors (Lipinski definition) is 1. The molecule has 3 atom stereocenters. The third-order valence-corrected chi connectivity index (χ3v) is 6.38. The second-order valence-corrected chi connectivity index (χ2v) is 8.40. The van der Waals surface area contributed by atoms with Gasteiger partial charge in [-0.1, -0.05) is 42.5 Å². The van der Waals surface area contributed by atoms with Gasteiger partial charge in [0.2, 0.25) is 5.91 Å². The molecule has 0 bridgehead atoms. The van der Waals surface area contributed by atoms with E-state index in [1.54, 1.807) is 6.92 Å². The summed E-state index contributed by atoms with van der Waals surface area (Å²) in [6, 6.07) is 13.2. The van der Waals surface area contributed by atoms with Crippen molar-refractivity contribution in [3.8, 4) is 0 Å². The Morgan fingerprint density at radius 1 is 1.07 bits per heavy atom. The van der Waals surface area contributed by atoms with Crippen LogP contribution in [0.1, 0.15) is 45.6 Å². The zero-order valence-corrected chi connectivity index (χ0v) is 17.1. The molecule has 0 aromatic heterocycles. The lowest BCUT2D eigenvalue weighted by atomic mass is 9.88. The summed E-state index contributed by atoms with van der Waals surface area (Å²) in [5.74, 6) is -0.556. The highest BCUT2D eigenvalue weighted by molar-refractivity contribution is 6.10. The first-order chi connectivity index (χ1) is 13.8. The van der Waals surface area contributed by atoms with Gasteiger partial charge in [-0.05, 0) is 56.4 Å². The number of nitrogens with zero attached hydrogens (tertiary/aromatic N) is 2. The molecule has 2 aromatic rings. The zero-order valence-electron chi connectivity index (χ0n) is 17.1. The van der Waals surface area contributed by atoms with Crippen molar-refractivity contribution in [1.82, 2.24) is 15.1 Å². The Hall–Kier alpha value is -2.89. The van der Waals surface area contributed by atoms with Crippen molar-refractivity contribution in [2.24, 2.45) is 0 Å². The zero-order chi connectivity index (χ0) is 20.8. The summed E-state index contributed by atoms with van der Waals surface area (Å²) in [5, 5.41) is 4.75. The molecule has 2 heterocycles. The van der Waals surface area contributed by atoms with Crippen LogP contribution in [0.3, 0.4) is 0 Å². The molecule has 1 N–H and O–H groups in total. The summed E-state index contributed by atoms with van der Waals surface area (Å²) in [6.45, 7) is 5.55. The Bertz CT molecular complexity index is 973. The molecule has 6 nitrogen and oxygen atoms in total. The van der Waals surface area contributed by atoms with Gasteiger partial charge >= 0.3 is 6.03 Å². The summed E-state index contributed by atoms with van der Waals surface area (Å²) in [4.78, 5) is 41.9. The predicted octanol–water partition coefficient (Wildman–Crippen LogP) is 3.40. The average molecular weight is 393 g/mol. The van der Waals surface area contributed by atoms with Crippen molar-refractivity contribution in [3.63, 3.8) is 0 Å². The van der Waals surface area contributed by atoms with E-state index in [2.05, 4.69) is 5.32 Å². The molecule has 0 radical (unpaired) electrons. The number of piperidine rings is 1. The molecule has 0 saturated carbocycles. The fraction of sp³-hybridized carbons (Fsp3) is 0.435. The molecule has 2 fully saturated rings. The van der Waals surface area contributed by atoms with Crippen molar-refractivity contribution in [3.05, 3.63) is 48.0 Å². The molecule has 2 aromatic carbocycles. The van der Waals surface area contributed by atoms with E-state index in [0.29, 0.717) is 0 Å². The van der Waals surface area contributed by atoms with E-state index in [1.807, 2.05) is 61.2 Å². The van der Waals surface area contributed by atoms with Gasteiger partial charge < -0.3 is 10.2 Å². The third kappa shape index (κ3) is 3.16. The van der Waals surface area contributed by atoms with Crippen molar-refractivity contribution >= 4 is 28.6 Å². The molecule has 152 valence electrons. The molecule has 6 heteroatoms. The lowest BCUT2D eigenvalue weighted by Crippen LogP contribution is -2.52. The van der Waals surface area contributed by atoms with Gasteiger partial charge in [-0.15, -0.1) is 0 Å². The second kappa shape index (κ2) is 7.17. The molecule has 29 heavy (non-hydrogen) atoms. The third-order valence-electron chi connectivity index (χ3n) is 6.38. The predicted molar refractivity (Wildman–Crippen MR) is 111 cm³/mol. The van der Waals surface area contributed by atoms with Gasteiger partial charge in [0.1, 0.15) is 12.1 Å². The number of imide groups is 1. The maximum absolute atomic E-state index is 13.3. The van der Waals surface area contributed by atoms with E-state index in [1.165, 1.54) is 0 Å². The van der Waals surface area contributed by atoms with Gasteiger partial charge in [0.15, 0.2) is 0 Å². The number of fused-ring (bicyclic) bond motifs is 1. The average Bonchev–Trinajstić information content (AvgIpc) is 2.91. The lowest BCUT2D eigenvalue weighted by molar-refractivity contribution is -0.142. The normalized spacial score (nSPS) is 27.4. The number of carbonyl (C=O) groups excluding carboxylic acids is 3. The van der Waals surface area contributed by atoms with Crippen molar-refractivity contribution in [2.75, 3.05) is 6.54 Å².